The van der Waals surface area contributed by atoms with Gasteiger partial charge in [0, 0.05) is 37.3 Å². The topological polar surface area (TPSA) is 90.3 Å². The summed E-state index contributed by atoms with van der Waals surface area (Å²) in [5.74, 6) is 0.435. The number of hydrogen-bond donors (Lipinski definition) is 3. The molecule has 1 aromatic heterocycles. The van der Waals surface area contributed by atoms with E-state index in [2.05, 4.69) is 15.6 Å². The summed E-state index contributed by atoms with van der Waals surface area (Å²) < 4.78 is 42.4. The smallest absolute Gasteiger partial charge is 0.422 e. The molecule has 0 aliphatic carbocycles. The van der Waals surface area contributed by atoms with Crippen molar-refractivity contribution in [3.8, 4) is 5.75 Å². The number of rotatable bonds is 7. The number of para-hydroxylation sites is 2. The molecule has 158 valence electrons. The van der Waals surface area contributed by atoms with Crippen molar-refractivity contribution in [3.63, 3.8) is 0 Å². The van der Waals surface area contributed by atoms with E-state index >= 15 is 0 Å². The molecule has 0 saturated heterocycles. The minimum atomic E-state index is -4.44. The van der Waals surface area contributed by atoms with E-state index in [-0.39, 0.29) is 11.7 Å². The quantitative estimate of drug-likeness (QED) is 0.600. The van der Waals surface area contributed by atoms with E-state index in [0.29, 0.717) is 41.4 Å². The van der Waals surface area contributed by atoms with Gasteiger partial charge in [0.05, 0.1) is 17.8 Å². The maximum absolute atomic E-state index is 12.5. The average molecular weight is 419 g/mol. The Morgan fingerprint density at radius 1 is 1.27 bits per heavy atom. The molecule has 0 radical (unpaired) electrons. The van der Waals surface area contributed by atoms with Gasteiger partial charge in [-0.1, -0.05) is 12.1 Å². The molecular formula is C20H20F3N5O2. The summed E-state index contributed by atoms with van der Waals surface area (Å²) in [5.41, 5.74) is 2.12. The van der Waals surface area contributed by atoms with Crippen molar-refractivity contribution >= 4 is 23.6 Å². The highest BCUT2D eigenvalue weighted by Gasteiger charge is 2.29. The van der Waals surface area contributed by atoms with Gasteiger partial charge >= 0.3 is 6.18 Å². The number of pyridine rings is 1. The molecule has 0 unspecified atom stereocenters. The minimum absolute atomic E-state index is 0.0677. The summed E-state index contributed by atoms with van der Waals surface area (Å²) >= 11 is 0. The standard InChI is InChI=1S/C20H20F3N5O2/c1-25-19(29)13-6-7-18(26-9-13)28-10-14(8-24)16(11-28)27-15-4-2-3-5-17(15)30-12-20(21,22)23/h2-9,24,27H,10-12H2,1H3,(H,25,29). The molecule has 1 aliphatic heterocycles. The van der Waals surface area contributed by atoms with Gasteiger partial charge in [-0.3, -0.25) is 4.79 Å². The van der Waals surface area contributed by atoms with Gasteiger partial charge in [0.2, 0.25) is 0 Å². The van der Waals surface area contributed by atoms with E-state index in [1.165, 1.54) is 25.5 Å². The average Bonchev–Trinajstić information content (AvgIpc) is 3.15. The number of hydrogen-bond acceptors (Lipinski definition) is 6. The number of nitrogens with zero attached hydrogens (tertiary/aromatic N) is 2. The minimum Gasteiger partial charge on any atom is -0.482 e. The second-order valence-corrected chi connectivity index (χ2v) is 6.51. The molecule has 0 atom stereocenters. The highest BCUT2D eigenvalue weighted by atomic mass is 19.4. The molecular weight excluding hydrogens is 399 g/mol. The molecule has 1 aliphatic rings. The van der Waals surface area contributed by atoms with Gasteiger partial charge in [-0.25, -0.2) is 4.98 Å². The maximum atomic E-state index is 12.5. The lowest BCUT2D eigenvalue weighted by atomic mass is 10.2. The van der Waals surface area contributed by atoms with Crippen molar-refractivity contribution in [1.29, 1.82) is 5.41 Å². The van der Waals surface area contributed by atoms with Gasteiger partial charge in [0.25, 0.3) is 5.91 Å². The summed E-state index contributed by atoms with van der Waals surface area (Å²) in [6.45, 7) is -0.635. The van der Waals surface area contributed by atoms with Gasteiger partial charge in [-0.05, 0) is 24.3 Å². The van der Waals surface area contributed by atoms with Gasteiger partial charge in [-0.15, -0.1) is 0 Å². The third-order valence-electron chi connectivity index (χ3n) is 4.40. The second-order valence-electron chi connectivity index (χ2n) is 6.51. The van der Waals surface area contributed by atoms with Crippen LogP contribution < -0.4 is 20.3 Å². The number of carbonyl (C=O) groups is 1. The summed E-state index contributed by atoms with van der Waals surface area (Å²) in [7, 11) is 1.53. The molecule has 3 N–H and O–H groups in total. The fraction of sp³-hybridized carbons (Fsp3) is 0.250. The third kappa shape index (κ3) is 5.07. The van der Waals surface area contributed by atoms with Crippen LogP contribution in [0.4, 0.5) is 24.7 Å². The van der Waals surface area contributed by atoms with Crippen molar-refractivity contribution in [1.82, 2.24) is 10.3 Å². The van der Waals surface area contributed by atoms with Crippen LogP contribution in [0, 0.1) is 5.41 Å². The molecule has 7 nitrogen and oxygen atoms in total. The molecule has 30 heavy (non-hydrogen) atoms. The van der Waals surface area contributed by atoms with Crippen LogP contribution in [-0.4, -0.2) is 50.0 Å². The van der Waals surface area contributed by atoms with E-state index < -0.39 is 12.8 Å². The number of aromatic nitrogens is 1. The number of anilines is 2. The first kappa shape index (κ1) is 21.2. The van der Waals surface area contributed by atoms with Gasteiger partial charge in [0.15, 0.2) is 6.61 Å². The number of amides is 1. The summed E-state index contributed by atoms with van der Waals surface area (Å²) in [6, 6.07) is 9.68. The number of nitrogens with one attached hydrogen (secondary N) is 3. The highest BCUT2D eigenvalue weighted by Crippen LogP contribution is 2.30. The Kier molecular flexibility index (Phi) is 6.24. The van der Waals surface area contributed by atoms with Crippen molar-refractivity contribution in [2.75, 3.05) is 37.0 Å². The zero-order valence-electron chi connectivity index (χ0n) is 16.1. The predicted molar refractivity (Wildman–Crippen MR) is 107 cm³/mol. The van der Waals surface area contributed by atoms with Crippen LogP contribution >= 0.6 is 0 Å². The predicted octanol–water partition coefficient (Wildman–Crippen LogP) is 3.22. The summed E-state index contributed by atoms with van der Waals surface area (Å²) in [4.78, 5) is 17.8. The monoisotopic (exact) mass is 419 g/mol. The number of carbonyl (C=O) groups excluding carboxylic acids is 1. The molecule has 0 saturated carbocycles. The van der Waals surface area contributed by atoms with Crippen LogP contribution in [0.25, 0.3) is 0 Å². The first-order chi connectivity index (χ1) is 14.3. The van der Waals surface area contributed by atoms with E-state index in [0.717, 1.165) is 0 Å². The van der Waals surface area contributed by atoms with Crippen LogP contribution in [0.5, 0.6) is 5.75 Å². The molecule has 2 aromatic rings. The van der Waals surface area contributed by atoms with E-state index in [1.54, 1.807) is 30.3 Å². The Bertz CT molecular complexity index is 958. The summed E-state index contributed by atoms with van der Waals surface area (Å²) in [6.07, 6.45) is -1.78. The molecule has 1 amide bonds. The van der Waals surface area contributed by atoms with Crippen LogP contribution in [0.3, 0.4) is 0 Å². The number of halogens is 3. The lowest BCUT2D eigenvalue weighted by Crippen LogP contribution is -2.24. The second kappa shape index (κ2) is 8.85. The molecule has 3 rings (SSSR count). The molecule has 1 aromatic carbocycles. The molecule has 2 heterocycles. The maximum Gasteiger partial charge on any atom is 0.422 e. The normalized spacial score (nSPS) is 13.9. The Morgan fingerprint density at radius 2 is 2.03 bits per heavy atom. The Labute approximate surface area is 171 Å². The van der Waals surface area contributed by atoms with Crippen LogP contribution in [0.1, 0.15) is 10.4 Å². The third-order valence-corrected chi connectivity index (χ3v) is 4.40. The zero-order chi connectivity index (χ0) is 21.7. The number of benzene rings is 1. The SMILES string of the molecule is CNC(=O)c1ccc(N2CC(C=N)=C(Nc3ccccc3OCC(F)(F)F)C2)nc1. The Hall–Kier alpha value is -3.56. The van der Waals surface area contributed by atoms with Crippen molar-refractivity contribution in [2.45, 2.75) is 6.18 Å². The van der Waals surface area contributed by atoms with Gasteiger partial charge in [-0.2, -0.15) is 13.2 Å². The van der Waals surface area contributed by atoms with E-state index in [1.807, 2.05) is 4.90 Å². The van der Waals surface area contributed by atoms with Gasteiger partial charge in [0.1, 0.15) is 11.6 Å². The lowest BCUT2D eigenvalue weighted by molar-refractivity contribution is -0.153. The summed E-state index contributed by atoms with van der Waals surface area (Å²) in [5, 5.41) is 13.3. The van der Waals surface area contributed by atoms with Crippen LogP contribution in [0.15, 0.2) is 53.9 Å². The Morgan fingerprint density at radius 3 is 2.67 bits per heavy atom. The molecule has 0 fully saturated rings. The van der Waals surface area contributed by atoms with Crippen molar-refractivity contribution in [3.05, 3.63) is 59.4 Å². The van der Waals surface area contributed by atoms with Gasteiger partial charge < -0.3 is 25.7 Å². The van der Waals surface area contributed by atoms with Crippen molar-refractivity contribution in [2.24, 2.45) is 0 Å². The lowest BCUT2D eigenvalue weighted by Gasteiger charge is -2.19. The number of ether oxygens (including phenoxy) is 1. The Balaban J connectivity index is 1.74. The fourth-order valence-corrected chi connectivity index (χ4v) is 2.93. The molecule has 0 spiro atoms. The first-order valence-electron chi connectivity index (χ1n) is 9.02. The van der Waals surface area contributed by atoms with E-state index in [9.17, 15) is 18.0 Å². The number of alkyl halides is 3. The van der Waals surface area contributed by atoms with Crippen LogP contribution in [0.2, 0.25) is 0 Å². The molecule has 10 heteroatoms. The van der Waals surface area contributed by atoms with Crippen molar-refractivity contribution < 1.29 is 22.7 Å². The first-order valence-corrected chi connectivity index (χ1v) is 9.02. The molecule has 0 bridgehead atoms. The van der Waals surface area contributed by atoms with E-state index in [4.69, 9.17) is 10.1 Å². The zero-order valence-corrected chi connectivity index (χ0v) is 16.1. The largest absolute Gasteiger partial charge is 0.482 e. The highest BCUT2D eigenvalue weighted by molar-refractivity contribution is 5.93. The van der Waals surface area contributed by atoms with Crippen LogP contribution in [-0.2, 0) is 0 Å². The fourth-order valence-electron chi connectivity index (χ4n) is 2.93.